The molecule has 3 heteroatoms. The average molecular weight is 222 g/mol. The molecule has 4 bridgehead atoms. The monoisotopic (exact) mass is 222 g/mol. The molecule has 3 aliphatic carbocycles. The maximum atomic E-state index is 12.0. The fourth-order valence-corrected chi connectivity index (χ4v) is 4.83. The van der Waals surface area contributed by atoms with Gasteiger partial charge in [0.05, 0.1) is 13.0 Å². The second kappa shape index (κ2) is 3.08. The Bertz CT molecular complexity index is 362. The molecular weight excluding hydrogens is 204 g/mol. The Labute approximate surface area is 95.5 Å². The van der Waals surface area contributed by atoms with E-state index < -0.39 is 0 Å². The van der Waals surface area contributed by atoms with Crippen LogP contribution in [0.15, 0.2) is 0 Å². The molecule has 0 amide bonds. The predicted molar refractivity (Wildman–Crippen MR) is 57.6 cm³/mol. The first-order valence-electron chi connectivity index (χ1n) is 6.20. The van der Waals surface area contributed by atoms with E-state index >= 15 is 0 Å². The zero-order valence-corrected chi connectivity index (χ0v) is 9.86. The van der Waals surface area contributed by atoms with Crippen LogP contribution in [0.2, 0.25) is 0 Å². The van der Waals surface area contributed by atoms with E-state index in [9.17, 15) is 9.59 Å². The summed E-state index contributed by atoms with van der Waals surface area (Å²) in [7, 11) is 1.46. The van der Waals surface area contributed by atoms with Crippen LogP contribution in [0.1, 0.15) is 32.6 Å². The van der Waals surface area contributed by atoms with Gasteiger partial charge >= 0.3 is 5.97 Å². The summed E-state index contributed by atoms with van der Waals surface area (Å²) >= 11 is 0. The fraction of sp³-hybridized carbons (Fsp3) is 0.846. The van der Waals surface area contributed by atoms with Crippen molar-refractivity contribution >= 4 is 11.8 Å². The molecule has 3 saturated carbocycles. The van der Waals surface area contributed by atoms with Crippen molar-refractivity contribution in [2.75, 3.05) is 7.11 Å². The molecule has 3 nitrogen and oxygen atoms in total. The molecule has 0 unspecified atom stereocenters. The number of esters is 1. The Hall–Kier alpha value is -0.860. The first kappa shape index (κ1) is 10.3. The van der Waals surface area contributed by atoms with Crippen LogP contribution < -0.4 is 0 Å². The van der Waals surface area contributed by atoms with Crippen LogP contribution in [0.3, 0.4) is 0 Å². The van der Waals surface area contributed by atoms with Crippen molar-refractivity contribution in [3.8, 4) is 0 Å². The van der Waals surface area contributed by atoms with Crippen LogP contribution in [0.25, 0.3) is 0 Å². The number of ketones is 1. The van der Waals surface area contributed by atoms with E-state index in [1.54, 1.807) is 0 Å². The summed E-state index contributed by atoms with van der Waals surface area (Å²) in [6.45, 7) is 2.21. The summed E-state index contributed by atoms with van der Waals surface area (Å²) in [5, 5.41) is 0. The van der Waals surface area contributed by atoms with Gasteiger partial charge in [0.2, 0.25) is 0 Å². The lowest BCUT2D eigenvalue weighted by molar-refractivity contribution is -0.150. The molecular formula is C13H18O3. The molecule has 3 aliphatic rings. The van der Waals surface area contributed by atoms with E-state index in [2.05, 4.69) is 6.92 Å². The predicted octanol–water partition coefficient (Wildman–Crippen LogP) is 1.80. The molecule has 3 fully saturated rings. The topological polar surface area (TPSA) is 43.4 Å². The second-order valence-corrected chi connectivity index (χ2v) is 5.87. The molecule has 0 aromatic heterocycles. The number of carbonyl (C=O) groups excluding carboxylic acids is 2. The van der Waals surface area contributed by atoms with Gasteiger partial charge in [-0.25, -0.2) is 0 Å². The third-order valence-corrected chi connectivity index (χ3v) is 5.37. The lowest BCUT2D eigenvalue weighted by Crippen LogP contribution is -2.35. The minimum atomic E-state index is -0.0851. The zero-order chi connectivity index (χ0) is 11.5. The summed E-state index contributed by atoms with van der Waals surface area (Å²) in [5.41, 5.74) is 0.0961. The Kier molecular flexibility index (Phi) is 1.99. The molecule has 0 heterocycles. The number of rotatable bonds is 1. The van der Waals surface area contributed by atoms with E-state index in [4.69, 9.17) is 4.74 Å². The van der Waals surface area contributed by atoms with Gasteiger partial charge in [0.25, 0.3) is 0 Å². The summed E-state index contributed by atoms with van der Waals surface area (Å²) < 4.78 is 4.92. The highest BCUT2D eigenvalue weighted by Gasteiger charge is 2.68. The van der Waals surface area contributed by atoms with Gasteiger partial charge in [-0.15, -0.1) is 0 Å². The number of methoxy groups -OCH3 is 1. The van der Waals surface area contributed by atoms with Gasteiger partial charge in [0, 0.05) is 12.3 Å². The number of hydrogen-bond acceptors (Lipinski definition) is 3. The maximum absolute atomic E-state index is 12.0. The average Bonchev–Trinajstić information content (AvgIpc) is 2.59. The number of Topliss-reactive ketones (excluding diaryl/α,β-unsaturated/α-hetero) is 1. The van der Waals surface area contributed by atoms with E-state index in [1.165, 1.54) is 7.11 Å². The Balaban J connectivity index is 2.02. The van der Waals surface area contributed by atoms with Crippen molar-refractivity contribution < 1.29 is 14.3 Å². The first-order valence-corrected chi connectivity index (χ1v) is 6.20. The Morgan fingerprint density at radius 1 is 1.50 bits per heavy atom. The lowest BCUT2D eigenvalue weighted by Gasteiger charge is -2.34. The van der Waals surface area contributed by atoms with Crippen LogP contribution in [-0.2, 0) is 14.3 Å². The van der Waals surface area contributed by atoms with Gasteiger partial charge in [0.1, 0.15) is 5.78 Å². The Morgan fingerprint density at radius 2 is 2.25 bits per heavy atom. The summed E-state index contributed by atoms with van der Waals surface area (Å²) in [6.07, 6.45) is 3.91. The van der Waals surface area contributed by atoms with Crippen LogP contribution in [0, 0.1) is 29.1 Å². The molecule has 0 aromatic carbocycles. The van der Waals surface area contributed by atoms with Gasteiger partial charge in [-0.05, 0) is 30.1 Å². The molecule has 0 N–H and O–H groups in total. The normalized spacial score (nSPS) is 49.5. The third kappa shape index (κ3) is 0.994. The highest BCUT2D eigenvalue weighted by molar-refractivity contribution is 5.90. The van der Waals surface area contributed by atoms with Crippen molar-refractivity contribution in [3.05, 3.63) is 0 Å². The highest BCUT2D eigenvalue weighted by atomic mass is 16.5. The van der Waals surface area contributed by atoms with Gasteiger partial charge in [-0.2, -0.15) is 0 Å². The van der Waals surface area contributed by atoms with Crippen molar-refractivity contribution in [1.29, 1.82) is 0 Å². The molecule has 5 atom stereocenters. The minimum absolute atomic E-state index is 0.000185. The van der Waals surface area contributed by atoms with E-state index in [-0.39, 0.29) is 35.1 Å². The van der Waals surface area contributed by atoms with Gasteiger partial charge < -0.3 is 4.74 Å². The van der Waals surface area contributed by atoms with Crippen molar-refractivity contribution in [1.82, 2.24) is 0 Å². The standard InChI is InChI=1S/C13H18O3/c1-13-5-3-4-7-10(12(15)16-2)8(13)6-9(14)11(7)13/h7-8,10-11H,3-6H2,1-2H3/t7-,8+,10-,11-,13+/m1/s1. The van der Waals surface area contributed by atoms with Gasteiger partial charge in [-0.1, -0.05) is 13.3 Å². The largest absolute Gasteiger partial charge is 0.469 e. The molecule has 0 aromatic rings. The number of carbonyl (C=O) groups is 2. The van der Waals surface area contributed by atoms with Crippen LogP contribution in [0.5, 0.6) is 0 Å². The molecule has 3 rings (SSSR count). The highest BCUT2D eigenvalue weighted by Crippen LogP contribution is 2.67. The van der Waals surface area contributed by atoms with Crippen LogP contribution in [0.4, 0.5) is 0 Å². The van der Waals surface area contributed by atoms with E-state index in [0.29, 0.717) is 12.2 Å². The van der Waals surface area contributed by atoms with E-state index in [1.807, 2.05) is 0 Å². The maximum Gasteiger partial charge on any atom is 0.309 e. The third-order valence-electron chi connectivity index (χ3n) is 5.37. The van der Waals surface area contributed by atoms with Gasteiger partial charge in [-0.3, -0.25) is 9.59 Å². The summed E-state index contributed by atoms with van der Waals surface area (Å²) in [5.74, 6) is 0.994. The zero-order valence-electron chi connectivity index (χ0n) is 9.86. The SMILES string of the molecule is COC(=O)[C@@H]1[C@H]2CCC[C@@]3(C)[C@H]1CC(=O)[C@@H]23. The van der Waals surface area contributed by atoms with Crippen molar-refractivity contribution in [2.24, 2.45) is 29.1 Å². The summed E-state index contributed by atoms with van der Waals surface area (Å²) in [6, 6.07) is 0. The number of hydrogen-bond donors (Lipinski definition) is 0. The van der Waals surface area contributed by atoms with Crippen LogP contribution in [-0.4, -0.2) is 18.9 Å². The summed E-state index contributed by atoms with van der Waals surface area (Å²) in [4.78, 5) is 23.8. The molecule has 0 saturated heterocycles. The Morgan fingerprint density at radius 3 is 2.88 bits per heavy atom. The quantitative estimate of drug-likeness (QED) is 0.635. The van der Waals surface area contributed by atoms with Gasteiger partial charge in [0.15, 0.2) is 0 Å². The molecule has 0 radical (unpaired) electrons. The molecule has 88 valence electrons. The molecule has 0 aliphatic heterocycles. The molecule has 0 spiro atoms. The minimum Gasteiger partial charge on any atom is -0.469 e. The lowest BCUT2D eigenvalue weighted by atomic mass is 9.69. The van der Waals surface area contributed by atoms with Crippen molar-refractivity contribution in [2.45, 2.75) is 32.6 Å². The fourth-order valence-electron chi connectivity index (χ4n) is 4.83. The van der Waals surface area contributed by atoms with Crippen molar-refractivity contribution in [3.63, 3.8) is 0 Å². The molecule has 16 heavy (non-hydrogen) atoms. The first-order chi connectivity index (χ1) is 7.59. The smallest absolute Gasteiger partial charge is 0.309 e. The van der Waals surface area contributed by atoms with E-state index in [0.717, 1.165) is 19.3 Å². The second-order valence-electron chi connectivity index (χ2n) is 5.87. The number of ether oxygens (including phenoxy) is 1. The van der Waals surface area contributed by atoms with Crippen LogP contribution >= 0.6 is 0 Å².